The smallest absolute Gasteiger partial charge is 0.343 e. The molecule has 2 fully saturated rings. The van der Waals surface area contributed by atoms with Gasteiger partial charge in [-0.05, 0) is 49.8 Å². The molecule has 2 aliphatic rings. The first-order chi connectivity index (χ1) is 14.2. The average molecular weight is 461 g/mol. The number of ether oxygens (including phenoxy) is 2. The van der Waals surface area contributed by atoms with E-state index in [4.69, 9.17) is 34.6 Å². The van der Waals surface area contributed by atoms with Gasteiger partial charge in [-0.15, -0.1) is 0 Å². The Hall–Kier alpha value is -0.460. The molecular formula is C22H34ClO6P. The van der Waals surface area contributed by atoms with Crippen molar-refractivity contribution in [1.29, 1.82) is 0 Å². The van der Waals surface area contributed by atoms with E-state index in [2.05, 4.69) is 27.7 Å². The summed E-state index contributed by atoms with van der Waals surface area (Å²) in [7, 11) is -3.63. The van der Waals surface area contributed by atoms with Crippen LogP contribution in [-0.4, -0.2) is 25.4 Å². The first-order valence-corrected chi connectivity index (χ1v) is 12.7. The Labute approximate surface area is 185 Å². The molecule has 1 aromatic carbocycles. The summed E-state index contributed by atoms with van der Waals surface area (Å²) in [6.07, 6.45) is 0.891. The molecule has 0 radical (unpaired) electrons. The first kappa shape index (κ1) is 24.2. The largest absolute Gasteiger partial charge is 0.475 e. The molecule has 6 nitrogen and oxygen atoms in total. The van der Waals surface area contributed by atoms with Gasteiger partial charge in [0.25, 0.3) is 0 Å². The number of phosphoric ester groups is 1. The molecule has 0 aliphatic carbocycles. The van der Waals surface area contributed by atoms with E-state index < -0.39 is 13.6 Å². The predicted molar refractivity (Wildman–Crippen MR) is 116 cm³/mol. The van der Waals surface area contributed by atoms with E-state index in [0.717, 1.165) is 12.0 Å². The highest BCUT2D eigenvalue weighted by molar-refractivity contribution is 7.48. The summed E-state index contributed by atoms with van der Waals surface area (Å²) in [4.78, 5) is 0. The molecule has 1 aromatic rings. The van der Waals surface area contributed by atoms with Gasteiger partial charge >= 0.3 is 7.82 Å². The molecule has 0 unspecified atom stereocenters. The standard InChI is InChI=1S/C22H34ClO6P/c1-7-21-14-25-22(29-21,17(6)15(4)16(21)5)19-10-11-20(23)18(12-19)13-28-30(24,26-8-2)27-9-3/h10-12,15-17H,7-9,13-14H2,1-6H3/t15-,16-,17+,21-,22+/m0/s1. The zero-order chi connectivity index (χ0) is 22.2. The van der Waals surface area contributed by atoms with E-state index in [1.165, 1.54) is 0 Å². The van der Waals surface area contributed by atoms with Crippen LogP contribution in [0.3, 0.4) is 0 Å². The number of halogens is 1. The minimum absolute atomic E-state index is 0.000705. The summed E-state index contributed by atoms with van der Waals surface area (Å²) in [6, 6.07) is 5.68. The van der Waals surface area contributed by atoms with Gasteiger partial charge in [-0.3, -0.25) is 13.6 Å². The summed E-state index contributed by atoms with van der Waals surface area (Å²) in [5.74, 6) is 0.145. The molecule has 0 spiro atoms. The minimum Gasteiger partial charge on any atom is -0.343 e. The lowest BCUT2D eigenvalue weighted by molar-refractivity contribution is -0.279. The number of rotatable bonds is 9. The molecule has 0 aromatic heterocycles. The lowest BCUT2D eigenvalue weighted by Gasteiger charge is -2.49. The van der Waals surface area contributed by atoms with E-state index in [1.807, 2.05) is 18.2 Å². The fourth-order valence-corrected chi connectivity index (χ4v) is 6.00. The van der Waals surface area contributed by atoms with Gasteiger partial charge in [0.1, 0.15) is 0 Å². The Morgan fingerprint density at radius 1 is 1.10 bits per heavy atom. The normalized spacial score (nSPS) is 33.8. The molecule has 0 amide bonds. The Kier molecular flexibility index (Phi) is 7.41. The van der Waals surface area contributed by atoms with Crippen LogP contribution in [0.1, 0.15) is 59.1 Å². The lowest BCUT2D eigenvalue weighted by Crippen LogP contribution is -2.53. The second-order valence-corrected chi connectivity index (χ2v) is 10.4. The highest BCUT2D eigenvalue weighted by Gasteiger charge is 2.62. The van der Waals surface area contributed by atoms with E-state index in [1.54, 1.807) is 13.8 Å². The van der Waals surface area contributed by atoms with Crippen molar-refractivity contribution in [3.63, 3.8) is 0 Å². The summed E-state index contributed by atoms with van der Waals surface area (Å²) in [6.45, 7) is 13.3. The number of phosphoric acid groups is 1. The van der Waals surface area contributed by atoms with Crippen molar-refractivity contribution in [1.82, 2.24) is 0 Å². The maximum atomic E-state index is 12.7. The molecular weight excluding hydrogens is 427 g/mol. The fraction of sp³-hybridized carbons (Fsp3) is 0.727. The average Bonchev–Trinajstić information content (AvgIpc) is 3.11. The second kappa shape index (κ2) is 9.19. The van der Waals surface area contributed by atoms with Crippen LogP contribution in [0.15, 0.2) is 18.2 Å². The van der Waals surface area contributed by atoms with Crippen molar-refractivity contribution < 1.29 is 27.6 Å². The van der Waals surface area contributed by atoms with Crippen LogP contribution in [-0.2, 0) is 40.0 Å². The molecule has 8 heteroatoms. The highest BCUT2D eigenvalue weighted by Crippen LogP contribution is 2.58. The Balaban J connectivity index is 1.90. The maximum absolute atomic E-state index is 12.7. The third kappa shape index (κ3) is 4.13. The topological polar surface area (TPSA) is 63.2 Å². The SMILES string of the molecule is CCOP(=O)(OCC)OCc1cc([C@]23OC[C@](CC)(O2)[C@@H](C)[C@H](C)[C@H]3C)ccc1Cl. The van der Waals surface area contributed by atoms with Crippen molar-refractivity contribution in [2.75, 3.05) is 19.8 Å². The van der Waals surface area contributed by atoms with Crippen LogP contribution in [0.4, 0.5) is 0 Å². The number of hydrogen-bond acceptors (Lipinski definition) is 6. The van der Waals surface area contributed by atoms with Crippen molar-refractivity contribution >= 4 is 19.4 Å². The van der Waals surface area contributed by atoms with Crippen LogP contribution >= 0.6 is 19.4 Å². The third-order valence-corrected chi connectivity index (χ3v) is 8.85. The summed E-state index contributed by atoms with van der Waals surface area (Å²) >= 11 is 6.43. The van der Waals surface area contributed by atoms with E-state index in [9.17, 15) is 4.57 Å². The monoisotopic (exact) mass is 460 g/mol. The highest BCUT2D eigenvalue weighted by atomic mass is 35.5. The molecule has 5 atom stereocenters. The van der Waals surface area contributed by atoms with Gasteiger partial charge in [0, 0.05) is 16.5 Å². The minimum atomic E-state index is -3.63. The Bertz CT molecular complexity index is 794. The number of hydrogen-bond donors (Lipinski definition) is 0. The van der Waals surface area contributed by atoms with Crippen molar-refractivity contribution in [3.05, 3.63) is 34.3 Å². The molecule has 30 heavy (non-hydrogen) atoms. The zero-order valence-corrected chi connectivity index (χ0v) is 20.4. The van der Waals surface area contributed by atoms with Crippen LogP contribution < -0.4 is 0 Å². The van der Waals surface area contributed by atoms with Crippen LogP contribution in [0.2, 0.25) is 5.02 Å². The number of benzene rings is 1. The molecule has 2 saturated heterocycles. The summed E-state index contributed by atoms with van der Waals surface area (Å²) in [5, 5.41) is 0.513. The molecule has 170 valence electrons. The predicted octanol–water partition coefficient (Wildman–Crippen LogP) is 6.31. The molecule has 2 bridgehead atoms. The van der Waals surface area contributed by atoms with Gasteiger partial charge < -0.3 is 9.47 Å². The molecule has 2 aliphatic heterocycles. The van der Waals surface area contributed by atoms with Crippen LogP contribution in [0.5, 0.6) is 0 Å². The summed E-state index contributed by atoms with van der Waals surface area (Å²) in [5.41, 5.74) is 1.29. The van der Waals surface area contributed by atoms with E-state index in [0.29, 0.717) is 29.0 Å². The van der Waals surface area contributed by atoms with Crippen molar-refractivity contribution in [2.45, 2.75) is 66.0 Å². The molecule has 3 rings (SSSR count). The maximum Gasteiger partial charge on any atom is 0.475 e. The van der Waals surface area contributed by atoms with Crippen molar-refractivity contribution in [2.24, 2.45) is 17.8 Å². The molecule has 2 heterocycles. The first-order valence-electron chi connectivity index (χ1n) is 10.8. The van der Waals surface area contributed by atoms with Crippen LogP contribution in [0, 0.1) is 17.8 Å². The van der Waals surface area contributed by atoms with E-state index >= 15 is 0 Å². The van der Waals surface area contributed by atoms with Crippen LogP contribution in [0.25, 0.3) is 0 Å². The molecule has 0 N–H and O–H groups in total. The van der Waals surface area contributed by atoms with Gasteiger partial charge in [0.2, 0.25) is 0 Å². The fourth-order valence-electron chi connectivity index (χ4n) is 4.68. The van der Waals surface area contributed by atoms with Crippen molar-refractivity contribution in [3.8, 4) is 0 Å². The molecule has 0 saturated carbocycles. The Morgan fingerprint density at radius 2 is 1.77 bits per heavy atom. The van der Waals surface area contributed by atoms with Gasteiger partial charge in [0.15, 0.2) is 5.79 Å². The third-order valence-electron chi connectivity index (χ3n) is 6.89. The van der Waals surface area contributed by atoms with Gasteiger partial charge in [-0.2, -0.15) is 0 Å². The quantitative estimate of drug-likeness (QED) is 0.402. The van der Waals surface area contributed by atoms with Gasteiger partial charge in [-0.1, -0.05) is 45.4 Å². The Morgan fingerprint density at radius 3 is 2.37 bits per heavy atom. The van der Waals surface area contributed by atoms with Gasteiger partial charge in [0.05, 0.1) is 32.0 Å². The number of fused-ring (bicyclic) bond motifs is 2. The summed E-state index contributed by atoms with van der Waals surface area (Å²) < 4.78 is 41.8. The van der Waals surface area contributed by atoms with Gasteiger partial charge in [-0.25, -0.2) is 4.57 Å². The zero-order valence-electron chi connectivity index (χ0n) is 18.8. The van der Waals surface area contributed by atoms with E-state index in [-0.39, 0.29) is 31.3 Å². The second-order valence-electron chi connectivity index (χ2n) is 8.28. The lowest BCUT2D eigenvalue weighted by atomic mass is 9.68.